The summed E-state index contributed by atoms with van der Waals surface area (Å²) in [5.41, 5.74) is 0.523. The molecule has 3 unspecified atom stereocenters. The number of H-pyrrole nitrogens is 1. The lowest BCUT2D eigenvalue weighted by Gasteiger charge is -2.19. The monoisotopic (exact) mass is 550 g/mol. The Labute approximate surface area is 186 Å². The van der Waals surface area contributed by atoms with Gasteiger partial charge in [-0.1, -0.05) is 12.2 Å². The van der Waals surface area contributed by atoms with Crippen LogP contribution in [0, 0.1) is 16.3 Å². The van der Waals surface area contributed by atoms with Crippen molar-refractivity contribution in [3.8, 4) is 0 Å². The van der Waals surface area contributed by atoms with Crippen molar-refractivity contribution in [3.63, 3.8) is 0 Å². The molecule has 6 atom stereocenters. The number of aliphatic hydroxyl groups excluding tert-OH is 1. The standard InChI is InChI=1S/C10H16ClN2O12P3S2/c1-4-2-13(10(30)12-8(4)29)9-6(11)7(14)5(23-9)3-22-27(18,19)25-28(20,21)24-26(15,16)17/h2,5-7,9,14H,3H2,1H3,(H,18,19)(H,20,21)(H,12,29,30)(H2,15,16,17)/t5-,6+,7?,9-/m0/s1/i3D2. The van der Waals surface area contributed by atoms with E-state index in [0.29, 0.717) is 10.2 Å². The number of nitrogens with one attached hydrogen (secondary N) is 1. The number of aryl methyl sites for hydroxylation is 1. The van der Waals surface area contributed by atoms with Gasteiger partial charge in [0.1, 0.15) is 22.2 Å². The molecule has 14 nitrogen and oxygen atoms in total. The van der Waals surface area contributed by atoms with Gasteiger partial charge in [-0.3, -0.25) is 9.09 Å². The van der Waals surface area contributed by atoms with E-state index in [1.165, 1.54) is 10.8 Å². The Bertz CT molecular complexity index is 1140. The Morgan fingerprint density at radius 1 is 1.27 bits per heavy atom. The largest absolute Gasteiger partial charge is 0.490 e. The Morgan fingerprint density at radius 3 is 2.43 bits per heavy atom. The molecule has 1 saturated heterocycles. The number of aromatic amines is 1. The molecule has 0 amide bonds. The minimum atomic E-state index is -5.89. The van der Waals surface area contributed by atoms with Crippen LogP contribution in [0.3, 0.4) is 0 Å². The second-order valence-corrected chi connectivity index (χ2v) is 11.3. The lowest BCUT2D eigenvalue weighted by molar-refractivity contribution is -0.0442. The maximum absolute atomic E-state index is 12.0. The molecule has 6 N–H and O–H groups in total. The molecular weight excluding hydrogens is 533 g/mol. The minimum Gasteiger partial charge on any atom is -0.389 e. The number of alkyl halides is 1. The Kier molecular flexibility index (Phi) is 7.42. The maximum atomic E-state index is 12.0. The van der Waals surface area contributed by atoms with E-state index >= 15 is 0 Å². The first-order valence-electron chi connectivity index (χ1n) is 8.39. The number of aromatic nitrogens is 2. The number of phosphoric ester groups is 1. The minimum absolute atomic E-state index is 0.00227. The molecule has 1 aliphatic rings. The third-order valence-corrected chi connectivity index (χ3v) is 8.19. The van der Waals surface area contributed by atoms with Crippen LogP contribution >= 0.6 is 59.5 Å². The lowest BCUT2D eigenvalue weighted by Crippen LogP contribution is -2.30. The summed E-state index contributed by atoms with van der Waals surface area (Å²) < 4.78 is 67.8. The first-order chi connectivity index (χ1) is 14.2. The maximum Gasteiger partial charge on any atom is 0.490 e. The topological polar surface area (TPSA) is 210 Å². The van der Waals surface area contributed by atoms with E-state index < -0.39 is 53.8 Å². The van der Waals surface area contributed by atoms with Gasteiger partial charge in [0.2, 0.25) is 0 Å². The number of ether oxygens (including phenoxy) is 1. The van der Waals surface area contributed by atoms with Gasteiger partial charge in [0.05, 0.1) is 9.30 Å². The molecule has 172 valence electrons. The van der Waals surface area contributed by atoms with E-state index in [0.717, 1.165) is 0 Å². The van der Waals surface area contributed by atoms with Crippen molar-refractivity contribution in [2.45, 2.75) is 30.7 Å². The van der Waals surface area contributed by atoms with E-state index in [1.54, 1.807) is 6.92 Å². The summed E-state index contributed by atoms with van der Waals surface area (Å²) in [6, 6.07) is 0. The zero-order valence-electron chi connectivity index (χ0n) is 16.5. The molecule has 0 radical (unpaired) electrons. The van der Waals surface area contributed by atoms with Gasteiger partial charge in [0.15, 0.2) is 11.0 Å². The summed E-state index contributed by atoms with van der Waals surface area (Å²) in [5, 5.41) is 8.96. The van der Waals surface area contributed by atoms with Crippen LogP contribution in [-0.4, -0.2) is 58.4 Å². The number of halogens is 1. The summed E-state index contributed by atoms with van der Waals surface area (Å²) in [6.07, 6.45) is -3.83. The van der Waals surface area contributed by atoms with Crippen LogP contribution in [-0.2, 0) is 31.6 Å². The second kappa shape index (κ2) is 9.56. The summed E-state index contributed by atoms with van der Waals surface area (Å²) >= 11 is 16.3. The SMILES string of the molecule is [2H]C([2H])(OP(=O)(O)OP(=O)(O)OP(=O)(O)O)[C@@H]1O[C@H](n2cc(C)c(=S)[nH]c2=S)[C@H](Cl)C1O. The van der Waals surface area contributed by atoms with Crippen molar-refractivity contribution in [1.82, 2.24) is 9.55 Å². The first kappa shape index (κ1) is 23.3. The van der Waals surface area contributed by atoms with Crippen molar-refractivity contribution >= 4 is 59.5 Å². The van der Waals surface area contributed by atoms with Gasteiger partial charge >= 0.3 is 23.5 Å². The number of hydrogen-bond acceptors (Lipinski definition) is 10. The molecule has 1 aromatic rings. The molecule has 1 fully saturated rings. The van der Waals surface area contributed by atoms with Crippen LogP contribution in [0.1, 0.15) is 14.5 Å². The molecule has 2 heterocycles. The molecule has 20 heteroatoms. The van der Waals surface area contributed by atoms with E-state index in [4.69, 9.17) is 58.2 Å². The number of aliphatic hydroxyl groups is 1. The van der Waals surface area contributed by atoms with E-state index in [-0.39, 0.29) is 4.77 Å². The first-order valence-corrected chi connectivity index (χ1v) is 13.2. The zero-order valence-corrected chi connectivity index (χ0v) is 19.5. The predicted molar refractivity (Wildman–Crippen MR) is 105 cm³/mol. The fourth-order valence-corrected chi connectivity index (χ4v) is 5.81. The molecule has 0 bridgehead atoms. The third-order valence-electron chi connectivity index (χ3n) is 3.32. The van der Waals surface area contributed by atoms with E-state index in [9.17, 15) is 23.7 Å². The summed E-state index contributed by atoms with van der Waals surface area (Å²) in [6.45, 7) is -1.78. The fraction of sp³-hybridized carbons (Fsp3) is 0.600. The molecule has 1 aromatic heterocycles. The van der Waals surface area contributed by atoms with Gasteiger partial charge in [-0.25, -0.2) is 13.7 Å². The normalized spacial score (nSPS) is 30.2. The highest BCUT2D eigenvalue weighted by molar-refractivity contribution is 7.72. The van der Waals surface area contributed by atoms with Crippen LogP contribution < -0.4 is 0 Å². The van der Waals surface area contributed by atoms with Crippen molar-refractivity contribution in [2.24, 2.45) is 0 Å². The zero-order chi connectivity index (χ0) is 24.9. The van der Waals surface area contributed by atoms with E-state index in [1.807, 2.05) is 0 Å². The number of rotatable bonds is 8. The lowest BCUT2D eigenvalue weighted by atomic mass is 10.2. The Balaban J connectivity index is 2.27. The van der Waals surface area contributed by atoms with Crippen molar-refractivity contribution < 1.29 is 59.0 Å². The van der Waals surface area contributed by atoms with Crippen molar-refractivity contribution in [1.29, 1.82) is 0 Å². The smallest absolute Gasteiger partial charge is 0.389 e. The predicted octanol–water partition coefficient (Wildman–Crippen LogP) is 1.79. The van der Waals surface area contributed by atoms with Gasteiger partial charge in [-0.15, -0.1) is 11.6 Å². The number of phosphoric acid groups is 3. The Morgan fingerprint density at radius 2 is 1.87 bits per heavy atom. The van der Waals surface area contributed by atoms with Gasteiger partial charge < -0.3 is 34.4 Å². The number of nitrogens with zero attached hydrogens (tertiary/aromatic N) is 1. The van der Waals surface area contributed by atoms with Crippen LogP contribution in [0.25, 0.3) is 0 Å². The van der Waals surface area contributed by atoms with E-state index in [2.05, 4.69) is 18.1 Å². The van der Waals surface area contributed by atoms with Crippen molar-refractivity contribution in [3.05, 3.63) is 21.2 Å². The molecule has 0 aromatic carbocycles. The van der Waals surface area contributed by atoms with Crippen LogP contribution in [0.15, 0.2) is 6.20 Å². The molecule has 0 saturated carbocycles. The molecule has 0 aliphatic carbocycles. The summed E-state index contributed by atoms with van der Waals surface area (Å²) in [7, 11) is -17.4. The summed E-state index contributed by atoms with van der Waals surface area (Å²) in [5.74, 6) is 0. The van der Waals surface area contributed by atoms with Crippen molar-refractivity contribution in [2.75, 3.05) is 6.56 Å². The van der Waals surface area contributed by atoms with Gasteiger partial charge in [-0.05, 0) is 19.1 Å². The van der Waals surface area contributed by atoms with Gasteiger partial charge in [0.25, 0.3) is 0 Å². The highest BCUT2D eigenvalue weighted by atomic mass is 35.5. The average Bonchev–Trinajstić information content (AvgIpc) is 2.82. The van der Waals surface area contributed by atoms with Crippen LogP contribution in [0.5, 0.6) is 0 Å². The van der Waals surface area contributed by atoms with Gasteiger partial charge in [-0.2, -0.15) is 8.62 Å². The quantitative estimate of drug-likeness (QED) is 0.155. The highest BCUT2D eigenvalue weighted by Crippen LogP contribution is 2.66. The van der Waals surface area contributed by atoms with Gasteiger partial charge in [0, 0.05) is 11.8 Å². The number of hydrogen-bond donors (Lipinski definition) is 6. The molecule has 2 rings (SSSR count). The second-order valence-electron chi connectivity index (χ2n) is 5.66. The van der Waals surface area contributed by atoms with Crippen LogP contribution in [0.2, 0.25) is 0 Å². The Hall–Kier alpha value is 0.140. The molecular formula is C10H16ClN2O12P3S2. The van der Waals surface area contributed by atoms with Crippen LogP contribution in [0.4, 0.5) is 0 Å². The molecule has 30 heavy (non-hydrogen) atoms. The fourth-order valence-electron chi connectivity index (χ4n) is 2.15. The highest BCUT2D eigenvalue weighted by Gasteiger charge is 2.46. The molecule has 0 spiro atoms. The third kappa shape index (κ3) is 7.07. The molecule has 1 aliphatic heterocycles. The summed E-state index contributed by atoms with van der Waals surface area (Å²) in [4.78, 5) is 38.5. The average molecular weight is 551 g/mol.